The van der Waals surface area contributed by atoms with E-state index in [4.69, 9.17) is 14.2 Å². The molecule has 1 unspecified atom stereocenters. The fourth-order valence-electron chi connectivity index (χ4n) is 5.14. The highest BCUT2D eigenvalue weighted by Gasteiger charge is 2.35. The normalized spacial score (nSPS) is 14.5. The molecule has 222 valence electrons. The molecule has 0 saturated heterocycles. The van der Waals surface area contributed by atoms with Crippen molar-refractivity contribution >= 4 is 11.8 Å². The summed E-state index contributed by atoms with van der Waals surface area (Å²) in [5.74, 6) is 1.22. The van der Waals surface area contributed by atoms with Gasteiger partial charge in [0.15, 0.2) is 11.5 Å². The highest BCUT2D eigenvalue weighted by Crippen LogP contribution is 2.41. The SMILES string of the molecule is CC(C)(C)OC(=O)N1CCc2cc(OCc3ccccc3)c(OCc3ccccc3)cc2C1Cc1ccc([N+](=O)[O-])cc1. The first kappa shape index (κ1) is 29.6. The molecule has 0 radical (unpaired) electrons. The van der Waals surface area contributed by atoms with Crippen molar-refractivity contribution in [2.75, 3.05) is 6.54 Å². The van der Waals surface area contributed by atoms with E-state index in [0.29, 0.717) is 44.1 Å². The van der Waals surface area contributed by atoms with Crippen LogP contribution >= 0.6 is 0 Å². The third kappa shape index (κ3) is 7.71. The predicted octanol–water partition coefficient (Wildman–Crippen LogP) is 7.83. The van der Waals surface area contributed by atoms with Crippen LogP contribution in [0.15, 0.2) is 97.1 Å². The van der Waals surface area contributed by atoms with Crippen LogP contribution in [-0.2, 0) is 30.8 Å². The second kappa shape index (κ2) is 13.0. The van der Waals surface area contributed by atoms with Crippen LogP contribution in [0, 0.1) is 10.1 Å². The fourth-order valence-corrected chi connectivity index (χ4v) is 5.14. The van der Waals surface area contributed by atoms with Crippen LogP contribution < -0.4 is 9.47 Å². The van der Waals surface area contributed by atoms with Crippen LogP contribution in [0.25, 0.3) is 0 Å². The molecule has 0 fully saturated rings. The predicted molar refractivity (Wildman–Crippen MR) is 164 cm³/mol. The Morgan fingerprint density at radius 2 is 1.40 bits per heavy atom. The number of hydrogen-bond acceptors (Lipinski definition) is 6. The number of rotatable bonds is 9. The zero-order valence-electron chi connectivity index (χ0n) is 24.7. The largest absolute Gasteiger partial charge is 0.485 e. The van der Waals surface area contributed by atoms with E-state index in [9.17, 15) is 14.9 Å². The van der Waals surface area contributed by atoms with Crippen molar-refractivity contribution in [1.29, 1.82) is 0 Å². The maximum absolute atomic E-state index is 13.4. The Morgan fingerprint density at radius 1 is 0.837 bits per heavy atom. The van der Waals surface area contributed by atoms with E-state index in [1.54, 1.807) is 17.0 Å². The van der Waals surface area contributed by atoms with Crippen molar-refractivity contribution < 1.29 is 23.9 Å². The molecule has 0 aliphatic carbocycles. The third-order valence-electron chi connectivity index (χ3n) is 7.24. The zero-order chi connectivity index (χ0) is 30.4. The Labute approximate surface area is 252 Å². The molecule has 4 aromatic rings. The third-order valence-corrected chi connectivity index (χ3v) is 7.24. The van der Waals surface area contributed by atoms with E-state index >= 15 is 0 Å². The summed E-state index contributed by atoms with van der Waals surface area (Å²) >= 11 is 0. The van der Waals surface area contributed by atoms with Gasteiger partial charge in [-0.15, -0.1) is 0 Å². The molecule has 8 nitrogen and oxygen atoms in total. The fraction of sp³-hybridized carbons (Fsp3) is 0.286. The molecule has 4 aromatic carbocycles. The summed E-state index contributed by atoms with van der Waals surface area (Å²) < 4.78 is 18.5. The minimum absolute atomic E-state index is 0.0218. The lowest BCUT2D eigenvalue weighted by molar-refractivity contribution is -0.384. The molecule has 1 aliphatic heterocycles. The summed E-state index contributed by atoms with van der Waals surface area (Å²) in [5.41, 5.74) is 4.29. The molecular formula is C35H36N2O6. The summed E-state index contributed by atoms with van der Waals surface area (Å²) in [6.07, 6.45) is 0.666. The van der Waals surface area contributed by atoms with Crippen LogP contribution in [0.4, 0.5) is 10.5 Å². The standard InChI is InChI=1S/C35H36N2O6/c1-35(2,3)43-34(38)36-19-18-28-21-32(41-23-26-10-6-4-7-11-26)33(42-24-27-12-8-5-9-13-27)22-30(28)31(36)20-25-14-16-29(17-15-25)37(39)40/h4-17,21-22,31H,18-20,23-24H2,1-3H3. The Kier molecular flexibility index (Phi) is 8.95. The van der Waals surface area contributed by atoms with Crippen molar-refractivity contribution in [2.24, 2.45) is 0 Å². The van der Waals surface area contributed by atoms with Crippen molar-refractivity contribution in [3.05, 3.63) is 135 Å². The smallest absolute Gasteiger partial charge is 0.410 e. The molecule has 5 rings (SSSR count). The summed E-state index contributed by atoms with van der Waals surface area (Å²) in [6.45, 7) is 6.74. The van der Waals surface area contributed by atoms with Crippen LogP contribution in [0.3, 0.4) is 0 Å². The van der Waals surface area contributed by atoms with Crippen molar-refractivity contribution in [3.8, 4) is 11.5 Å². The van der Waals surface area contributed by atoms with E-state index in [2.05, 4.69) is 0 Å². The molecular weight excluding hydrogens is 544 g/mol. The van der Waals surface area contributed by atoms with E-state index < -0.39 is 16.6 Å². The number of hydrogen-bond donors (Lipinski definition) is 0. The first-order valence-corrected chi connectivity index (χ1v) is 14.4. The Balaban J connectivity index is 1.51. The van der Waals surface area contributed by atoms with Crippen molar-refractivity contribution in [2.45, 2.75) is 58.5 Å². The molecule has 0 bridgehead atoms. The number of ether oxygens (including phenoxy) is 3. The van der Waals surface area contributed by atoms with E-state index in [-0.39, 0.29) is 11.7 Å². The average molecular weight is 581 g/mol. The number of non-ortho nitro benzene ring substituents is 1. The molecule has 1 amide bonds. The van der Waals surface area contributed by atoms with Gasteiger partial charge in [0.05, 0.1) is 11.0 Å². The van der Waals surface area contributed by atoms with Crippen LogP contribution in [0.2, 0.25) is 0 Å². The van der Waals surface area contributed by atoms with Gasteiger partial charge in [0.2, 0.25) is 0 Å². The number of nitro benzene ring substituents is 1. The average Bonchev–Trinajstić information content (AvgIpc) is 2.99. The molecule has 0 N–H and O–H groups in total. The van der Waals surface area contributed by atoms with Gasteiger partial charge in [0.1, 0.15) is 18.8 Å². The lowest BCUT2D eigenvalue weighted by atomic mass is 9.88. The number of fused-ring (bicyclic) bond motifs is 1. The van der Waals surface area contributed by atoms with Crippen molar-refractivity contribution in [1.82, 2.24) is 4.90 Å². The molecule has 8 heteroatoms. The second-order valence-electron chi connectivity index (χ2n) is 11.6. The van der Waals surface area contributed by atoms with Gasteiger partial charge in [0.25, 0.3) is 5.69 Å². The number of carbonyl (C=O) groups excluding carboxylic acids is 1. The van der Waals surface area contributed by atoms with Gasteiger partial charge < -0.3 is 19.1 Å². The van der Waals surface area contributed by atoms with Crippen LogP contribution in [0.5, 0.6) is 11.5 Å². The number of amides is 1. The molecule has 1 aliphatic rings. The minimum Gasteiger partial charge on any atom is -0.485 e. The topological polar surface area (TPSA) is 91.1 Å². The van der Waals surface area contributed by atoms with Gasteiger partial charge >= 0.3 is 6.09 Å². The highest BCUT2D eigenvalue weighted by molar-refractivity contribution is 5.70. The summed E-state index contributed by atoms with van der Waals surface area (Å²) in [6, 6.07) is 30.0. The van der Waals surface area contributed by atoms with E-state index in [1.165, 1.54) is 12.1 Å². The lowest BCUT2D eigenvalue weighted by Crippen LogP contribution is -2.43. The van der Waals surface area contributed by atoms with E-state index in [0.717, 1.165) is 27.8 Å². The second-order valence-corrected chi connectivity index (χ2v) is 11.6. The molecule has 0 saturated carbocycles. The molecule has 0 spiro atoms. The minimum atomic E-state index is -0.658. The maximum Gasteiger partial charge on any atom is 0.410 e. The molecule has 1 heterocycles. The summed E-state index contributed by atoms with van der Waals surface area (Å²) in [7, 11) is 0. The van der Waals surface area contributed by atoms with Gasteiger partial charge in [-0.2, -0.15) is 0 Å². The number of benzene rings is 4. The Hall–Kier alpha value is -4.85. The Bertz CT molecular complexity index is 1550. The van der Waals surface area contributed by atoms with Crippen LogP contribution in [-0.4, -0.2) is 28.1 Å². The zero-order valence-corrected chi connectivity index (χ0v) is 24.7. The number of nitro groups is 1. The van der Waals surface area contributed by atoms with Gasteiger partial charge in [-0.05, 0) is 73.6 Å². The van der Waals surface area contributed by atoms with Crippen LogP contribution in [0.1, 0.15) is 54.6 Å². The van der Waals surface area contributed by atoms with Gasteiger partial charge in [-0.3, -0.25) is 10.1 Å². The summed E-state index contributed by atoms with van der Waals surface area (Å²) in [4.78, 5) is 26.0. The Morgan fingerprint density at radius 3 is 1.93 bits per heavy atom. The van der Waals surface area contributed by atoms with Gasteiger partial charge in [-0.25, -0.2) is 4.79 Å². The summed E-state index contributed by atoms with van der Waals surface area (Å²) in [5, 5.41) is 11.2. The molecule has 1 atom stereocenters. The molecule has 0 aromatic heterocycles. The molecule has 43 heavy (non-hydrogen) atoms. The first-order valence-electron chi connectivity index (χ1n) is 14.4. The monoisotopic (exact) mass is 580 g/mol. The van der Waals surface area contributed by atoms with Gasteiger partial charge in [0, 0.05) is 18.7 Å². The van der Waals surface area contributed by atoms with Gasteiger partial charge in [-0.1, -0.05) is 72.8 Å². The first-order chi connectivity index (χ1) is 20.7. The maximum atomic E-state index is 13.4. The lowest BCUT2D eigenvalue weighted by Gasteiger charge is -2.38. The van der Waals surface area contributed by atoms with Crippen molar-refractivity contribution in [3.63, 3.8) is 0 Å². The number of carbonyl (C=O) groups is 1. The van der Waals surface area contributed by atoms with E-state index in [1.807, 2.05) is 93.6 Å². The number of nitrogens with zero attached hydrogens (tertiary/aromatic N) is 2. The quantitative estimate of drug-likeness (QED) is 0.148. The highest BCUT2D eigenvalue weighted by atomic mass is 16.6.